The van der Waals surface area contributed by atoms with Gasteiger partial charge in [-0.3, -0.25) is 4.98 Å². The van der Waals surface area contributed by atoms with Crippen LogP contribution in [-0.2, 0) is 13.0 Å². The van der Waals surface area contributed by atoms with Gasteiger partial charge in [0.2, 0.25) is 5.95 Å². The third kappa shape index (κ3) is 3.72. The Morgan fingerprint density at radius 1 is 1.09 bits per heavy atom. The second-order valence-electron chi connectivity index (χ2n) is 5.62. The molecule has 1 aliphatic rings. The standard InChI is InChI=1S/C17H23N5/c1-2-14-12-16(19-13-15-8-4-5-9-18-15)21-17(20-14)22-10-6-3-7-11-22/h4-5,8-9,12H,2-3,6-7,10-11,13H2,1H3,(H,19,20,21). The average molecular weight is 297 g/mol. The molecule has 0 atom stereocenters. The van der Waals surface area contributed by atoms with E-state index in [1.165, 1.54) is 19.3 Å². The van der Waals surface area contributed by atoms with Gasteiger partial charge in [0.15, 0.2) is 0 Å². The highest BCUT2D eigenvalue weighted by Gasteiger charge is 2.15. The molecule has 0 spiro atoms. The van der Waals surface area contributed by atoms with Crippen LogP contribution in [0.1, 0.15) is 37.6 Å². The predicted octanol–water partition coefficient (Wildman–Crippen LogP) is 3.04. The molecule has 5 heteroatoms. The highest BCUT2D eigenvalue weighted by atomic mass is 15.3. The van der Waals surface area contributed by atoms with Crippen molar-refractivity contribution in [1.82, 2.24) is 15.0 Å². The van der Waals surface area contributed by atoms with E-state index in [1.54, 1.807) is 0 Å². The Kier molecular flexibility index (Phi) is 4.83. The third-order valence-electron chi connectivity index (χ3n) is 3.95. The fraction of sp³-hybridized carbons (Fsp3) is 0.471. The van der Waals surface area contributed by atoms with Gasteiger partial charge in [0.25, 0.3) is 0 Å². The molecule has 1 fully saturated rings. The summed E-state index contributed by atoms with van der Waals surface area (Å²) in [5, 5.41) is 3.37. The number of aromatic nitrogens is 3. The van der Waals surface area contributed by atoms with E-state index < -0.39 is 0 Å². The highest BCUT2D eigenvalue weighted by molar-refractivity contribution is 5.44. The smallest absolute Gasteiger partial charge is 0.227 e. The van der Waals surface area contributed by atoms with Crippen molar-refractivity contribution < 1.29 is 0 Å². The minimum Gasteiger partial charge on any atom is -0.364 e. The minimum absolute atomic E-state index is 0.681. The van der Waals surface area contributed by atoms with E-state index in [9.17, 15) is 0 Å². The SMILES string of the molecule is CCc1cc(NCc2ccccn2)nc(N2CCCCC2)n1. The molecule has 0 amide bonds. The molecule has 0 bridgehead atoms. The average Bonchev–Trinajstić information content (AvgIpc) is 2.61. The molecule has 2 aromatic rings. The van der Waals surface area contributed by atoms with Crippen molar-refractivity contribution >= 4 is 11.8 Å². The molecule has 2 aromatic heterocycles. The van der Waals surface area contributed by atoms with Crippen LogP contribution in [0.5, 0.6) is 0 Å². The predicted molar refractivity (Wildman–Crippen MR) is 89.0 cm³/mol. The second kappa shape index (κ2) is 7.20. The fourth-order valence-electron chi connectivity index (χ4n) is 2.67. The molecule has 5 nitrogen and oxygen atoms in total. The van der Waals surface area contributed by atoms with Crippen LogP contribution in [0.15, 0.2) is 30.5 Å². The Labute approximate surface area is 131 Å². The van der Waals surface area contributed by atoms with Crippen molar-refractivity contribution in [1.29, 1.82) is 0 Å². The lowest BCUT2D eigenvalue weighted by Gasteiger charge is -2.27. The van der Waals surface area contributed by atoms with Gasteiger partial charge in [0.1, 0.15) is 5.82 Å². The number of rotatable bonds is 5. The summed E-state index contributed by atoms with van der Waals surface area (Å²) in [6.45, 7) is 4.94. The van der Waals surface area contributed by atoms with Crippen LogP contribution in [-0.4, -0.2) is 28.0 Å². The maximum Gasteiger partial charge on any atom is 0.227 e. The van der Waals surface area contributed by atoms with E-state index in [2.05, 4.69) is 27.1 Å². The first-order valence-corrected chi connectivity index (χ1v) is 8.12. The van der Waals surface area contributed by atoms with Gasteiger partial charge in [-0.05, 0) is 37.8 Å². The van der Waals surface area contributed by atoms with Crippen LogP contribution in [0.2, 0.25) is 0 Å². The zero-order valence-corrected chi connectivity index (χ0v) is 13.1. The molecule has 0 radical (unpaired) electrons. The number of hydrogen-bond acceptors (Lipinski definition) is 5. The van der Waals surface area contributed by atoms with Gasteiger partial charge < -0.3 is 10.2 Å². The zero-order valence-electron chi connectivity index (χ0n) is 13.1. The maximum atomic E-state index is 4.70. The molecule has 1 aliphatic heterocycles. The molecule has 1 saturated heterocycles. The first-order chi connectivity index (χ1) is 10.8. The lowest BCUT2D eigenvalue weighted by Crippen LogP contribution is -2.31. The second-order valence-corrected chi connectivity index (χ2v) is 5.62. The molecule has 22 heavy (non-hydrogen) atoms. The molecule has 1 N–H and O–H groups in total. The highest BCUT2D eigenvalue weighted by Crippen LogP contribution is 2.19. The van der Waals surface area contributed by atoms with Gasteiger partial charge in [-0.25, -0.2) is 4.98 Å². The minimum atomic E-state index is 0.681. The number of piperidine rings is 1. The summed E-state index contributed by atoms with van der Waals surface area (Å²) in [5.74, 6) is 1.75. The van der Waals surface area contributed by atoms with E-state index in [1.807, 2.05) is 30.5 Å². The number of pyridine rings is 1. The van der Waals surface area contributed by atoms with Gasteiger partial charge in [-0.2, -0.15) is 4.98 Å². The Morgan fingerprint density at radius 3 is 2.68 bits per heavy atom. The normalized spacial score (nSPS) is 14.9. The first-order valence-electron chi connectivity index (χ1n) is 8.12. The van der Waals surface area contributed by atoms with Gasteiger partial charge in [0, 0.05) is 31.0 Å². The summed E-state index contributed by atoms with van der Waals surface area (Å²) in [4.78, 5) is 16.0. The van der Waals surface area contributed by atoms with E-state index in [0.717, 1.165) is 42.7 Å². The summed E-state index contributed by atoms with van der Waals surface area (Å²) in [6.07, 6.45) is 6.51. The number of anilines is 2. The first kappa shape index (κ1) is 14.8. The van der Waals surface area contributed by atoms with Crippen LogP contribution in [0, 0.1) is 0 Å². The molecule has 0 unspecified atom stereocenters. The summed E-state index contributed by atoms with van der Waals surface area (Å²) in [7, 11) is 0. The summed E-state index contributed by atoms with van der Waals surface area (Å²) >= 11 is 0. The fourth-order valence-corrected chi connectivity index (χ4v) is 2.67. The lowest BCUT2D eigenvalue weighted by atomic mass is 10.1. The van der Waals surface area contributed by atoms with Crippen LogP contribution >= 0.6 is 0 Å². The van der Waals surface area contributed by atoms with Crippen molar-refractivity contribution in [2.24, 2.45) is 0 Å². The Hall–Kier alpha value is -2.17. The number of aryl methyl sites for hydroxylation is 1. The molecule has 0 aromatic carbocycles. The zero-order chi connectivity index (χ0) is 15.2. The van der Waals surface area contributed by atoms with Crippen molar-refractivity contribution in [2.75, 3.05) is 23.3 Å². The van der Waals surface area contributed by atoms with Crippen LogP contribution in [0.3, 0.4) is 0 Å². The van der Waals surface area contributed by atoms with E-state index in [0.29, 0.717) is 6.54 Å². The van der Waals surface area contributed by atoms with E-state index >= 15 is 0 Å². The Balaban J connectivity index is 1.75. The molecule has 3 rings (SSSR count). The number of nitrogens with zero attached hydrogens (tertiary/aromatic N) is 4. The van der Waals surface area contributed by atoms with Gasteiger partial charge in [0.05, 0.1) is 12.2 Å². The van der Waals surface area contributed by atoms with Crippen molar-refractivity contribution in [3.05, 3.63) is 41.9 Å². The quantitative estimate of drug-likeness (QED) is 0.919. The molecular weight excluding hydrogens is 274 g/mol. The summed E-state index contributed by atoms with van der Waals surface area (Å²) in [6, 6.07) is 7.98. The molecule has 116 valence electrons. The molecular formula is C17H23N5. The van der Waals surface area contributed by atoms with Gasteiger partial charge in [-0.15, -0.1) is 0 Å². The lowest BCUT2D eigenvalue weighted by molar-refractivity contribution is 0.567. The van der Waals surface area contributed by atoms with Crippen molar-refractivity contribution in [3.8, 4) is 0 Å². The number of nitrogens with one attached hydrogen (secondary N) is 1. The van der Waals surface area contributed by atoms with Gasteiger partial charge in [-0.1, -0.05) is 13.0 Å². The topological polar surface area (TPSA) is 53.9 Å². The van der Waals surface area contributed by atoms with E-state index in [4.69, 9.17) is 4.98 Å². The Bertz CT molecular complexity index is 593. The third-order valence-corrected chi connectivity index (χ3v) is 3.95. The number of hydrogen-bond donors (Lipinski definition) is 1. The van der Waals surface area contributed by atoms with Crippen LogP contribution in [0.4, 0.5) is 11.8 Å². The van der Waals surface area contributed by atoms with Crippen LogP contribution < -0.4 is 10.2 Å². The Morgan fingerprint density at radius 2 is 1.95 bits per heavy atom. The molecule has 0 saturated carbocycles. The molecule has 0 aliphatic carbocycles. The summed E-state index contributed by atoms with van der Waals surface area (Å²) < 4.78 is 0. The largest absolute Gasteiger partial charge is 0.364 e. The molecule has 3 heterocycles. The monoisotopic (exact) mass is 297 g/mol. The van der Waals surface area contributed by atoms with Crippen molar-refractivity contribution in [2.45, 2.75) is 39.2 Å². The van der Waals surface area contributed by atoms with Crippen molar-refractivity contribution in [3.63, 3.8) is 0 Å². The maximum absolute atomic E-state index is 4.70. The van der Waals surface area contributed by atoms with Gasteiger partial charge >= 0.3 is 0 Å². The van der Waals surface area contributed by atoms with E-state index in [-0.39, 0.29) is 0 Å². The summed E-state index contributed by atoms with van der Waals surface area (Å²) in [5.41, 5.74) is 2.10. The van der Waals surface area contributed by atoms with Crippen LogP contribution in [0.25, 0.3) is 0 Å².